The number of aromatic nitrogens is 2. The minimum absolute atomic E-state index is 0.244. The van der Waals surface area contributed by atoms with Gasteiger partial charge in [-0.05, 0) is 5.92 Å². The summed E-state index contributed by atoms with van der Waals surface area (Å²) in [5.41, 5.74) is 11.7. The van der Waals surface area contributed by atoms with E-state index in [9.17, 15) is 0 Å². The fourth-order valence-electron chi connectivity index (χ4n) is 0.801. The number of carbonyl (C=O) groups is 1. The number of hydrogen-bond donors (Lipinski definition) is 3. The molecule has 0 aliphatic rings. The van der Waals surface area contributed by atoms with Crippen molar-refractivity contribution < 1.29 is 9.90 Å². The highest BCUT2D eigenvalue weighted by Crippen LogP contribution is 2.13. The van der Waals surface area contributed by atoms with Crippen molar-refractivity contribution in [2.24, 2.45) is 0 Å². The van der Waals surface area contributed by atoms with Gasteiger partial charge in [-0.1, -0.05) is 13.8 Å². The summed E-state index contributed by atoms with van der Waals surface area (Å²) in [7, 11) is 0. The van der Waals surface area contributed by atoms with Crippen molar-refractivity contribution in [2.45, 2.75) is 19.8 Å². The Bertz CT molecular complexity index is 281. The van der Waals surface area contributed by atoms with E-state index < -0.39 is 0 Å². The van der Waals surface area contributed by atoms with E-state index in [1.54, 1.807) is 6.07 Å². The summed E-state index contributed by atoms with van der Waals surface area (Å²) in [6.07, 6.45) is 0. The number of rotatable bonds is 1. The molecule has 0 aliphatic heterocycles. The number of hydrogen-bond acceptors (Lipinski definition) is 5. The molecule has 0 bridgehead atoms. The van der Waals surface area contributed by atoms with E-state index >= 15 is 0 Å². The summed E-state index contributed by atoms with van der Waals surface area (Å²) in [6, 6.07) is 1.74. The number of nitrogens with zero attached hydrogens (tertiary/aromatic N) is 2. The third kappa shape index (κ3) is 4.24. The molecule has 1 heterocycles. The lowest BCUT2D eigenvalue weighted by molar-refractivity contribution is -0.122. The van der Waals surface area contributed by atoms with Gasteiger partial charge >= 0.3 is 0 Å². The largest absolute Gasteiger partial charge is 0.483 e. The van der Waals surface area contributed by atoms with Gasteiger partial charge in [0.15, 0.2) is 0 Å². The molecule has 0 radical (unpaired) electrons. The molecule has 0 atom stereocenters. The standard InChI is InChI=1S/C7H12N4.CH2O2/c1-4(2)5-3-6(8)11-7(9)10-5;2-1-3/h3-4H,1-2H3,(H4,8,9,10,11);1H,(H,2,3). The number of nitrogen functional groups attached to an aromatic ring is 2. The average molecular weight is 198 g/mol. The van der Waals surface area contributed by atoms with Gasteiger partial charge in [0.2, 0.25) is 5.95 Å². The zero-order valence-electron chi connectivity index (χ0n) is 8.14. The molecule has 1 aromatic rings. The summed E-state index contributed by atoms with van der Waals surface area (Å²) < 4.78 is 0. The fraction of sp³-hybridized carbons (Fsp3) is 0.375. The van der Waals surface area contributed by atoms with Crippen molar-refractivity contribution in [3.05, 3.63) is 11.8 Å². The normalized spacial score (nSPS) is 9.07. The van der Waals surface area contributed by atoms with Gasteiger partial charge in [-0.15, -0.1) is 0 Å². The van der Waals surface area contributed by atoms with E-state index in [-0.39, 0.29) is 12.4 Å². The Morgan fingerprint density at radius 2 is 1.93 bits per heavy atom. The lowest BCUT2D eigenvalue weighted by atomic mass is 10.1. The van der Waals surface area contributed by atoms with Crippen LogP contribution < -0.4 is 11.5 Å². The Morgan fingerprint density at radius 1 is 1.43 bits per heavy atom. The molecular formula is C8H14N4O2. The summed E-state index contributed by atoms with van der Waals surface area (Å²) in [4.78, 5) is 16.1. The second-order valence-corrected chi connectivity index (χ2v) is 2.84. The highest BCUT2D eigenvalue weighted by molar-refractivity contribution is 5.36. The van der Waals surface area contributed by atoms with Crippen LogP contribution in [0.2, 0.25) is 0 Å². The third-order valence-corrected chi connectivity index (χ3v) is 1.37. The van der Waals surface area contributed by atoms with Crippen LogP contribution in [0.4, 0.5) is 11.8 Å². The number of nitrogens with two attached hydrogens (primary N) is 2. The molecule has 0 fully saturated rings. The Balaban J connectivity index is 0.000000500. The topological polar surface area (TPSA) is 115 Å². The molecule has 5 N–H and O–H groups in total. The first-order chi connectivity index (χ1) is 6.51. The van der Waals surface area contributed by atoms with E-state index in [1.807, 2.05) is 13.8 Å². The lowest BCUT2D eigenvalue weighted by Gasteiger charge is -2.04. The fourth-order valence-corrected chi connectivity index (χ4v) is 0.801. The highest BCUT2D eigenvalue weighted by atomic mass is 16.3. The maximum atomic E-state index is 8.36. The second kappa shape index (κ2) is 5.74. The third-order valence-electron chi connectivity index (χ3n) is 1.37. The smallest absolute Gasteiger partial charge is 0.290 e. The Kier molecular flexibility index (Phi) is 4.98. The van der Waals surface area contributed by atoms with Crippen molar-refractivity contribution in [3.8, 4) is 0 Å². The van der Waals surface area contributed by atoms with Gasteiger partial charge in [0.05, 0.1) is 5.69 Å². The van der Waals surface area contributed by atoms with Gasteiger partial charge in [0.25, 0.3) is 6.47 Å². The van der Waals surface area contributed by atoms with Crippen molar-refractivity contribution >= 4 is 18.2 Å². The first kappa shape index (κ1) is 12.2. The Hall–Kier alpha value is -1.85. The molecule has 0 amide bonds. The molecule has 78 valence electrons. The van der Waals surface area contributed by atoms with Crippen molar-refractivity contribution in [2.75, 3.05) is 11.5 Å². The van der Waals surface area contributed by atoms with Crippen LogP contribution in [-0.2, 0) is 4.79 Å². The van der Waals surface area contributed by atoms with Gasteiger partial charge < -0.3 is 16.6 Å². The predicted molar refractivity (Wildman–Crippen MR) is 53.6 cm³/mol. The quantitative estimate of drug-likeness (QED) is 0.565. The van der Waals surface area contributed by atoms with Gasteiger partial charge in [0, 0.05) is 6.07 Å². The van der Waals surface area contributed by atoms with Gasteiger partial charge in [-0.2, -0.15) is 4.98 Å². The molecule has 0 aromatic carbocycles. The van der Waals surface area contributed by atoms with Crippen molar-refractivity contribution in [3.63, 3.8) is 0 Å². The van der Waals surface area contributed by atoms with Crippen LogP contribution in [0.25, 0.3) is 0 Å². The van der Waals surface area contributed by atoms with Gasteiger partial charge in [0.1, 0.15) is 5.82 Å². The van der Waals surface area contributed by atoms with Crippen LogP contribution in [0.3, 0.4) is 0 Å². The van der Waals surface area contributed by atoms with E-state index in [4.69, 9.17) is 21.4 Å². The SMILES string of the molecule is CC(C)c1cc(N)nc(N)n1.O=CO. The summed E-state index contributed by atoms with van der Waals surface area (Å²) in [5, 5.41) is 6.89. The van der Waals surface area contributed by atoms with E-state index in [2.05, 4.69) is 9.97 Å². The van der Waals surface area contributed by atoms with Gasteiger partial charge in [-0.25, -0.2) is 4.98 Å². The molecule has 14 heavy (non-hydrogen) atoms. The molecule has 6 heteroatoms. The van der Waals surface area contributed by atoms with Crippen LogP contribution in [-0.4, -0.2) is 21.5 Å². The summed E-state index contributed by atoms with van der Waals surface area (Å²) in [5.74, 6) is 1.01. The molecule has 0 saturated heterocycles. The molecule has 0 aliphatic carbocycles. The van der Waals surface area contributed by atoms with E-state index in [1.165, 1.54) is 0 Å². The molecule has 6 nitrogen and oxygen atoms in total. The van der Waals surface area contributed by atoms with Crippen LogP contribution >= 0.6 is 0 Å². The number of anilines is 2. The predicted octanol–water partition coefficient (Wildman–Crippen LogP) is 0.465. The highest BCUT2D eigenvalue weighted by Gasteiger charge is 2.02. The van der Waals surface area contributed by atoms with Crippen molar-refractivity contribution in [1.82, 2.24) is 9.97 Å². The van der Waals surface area contributed by atoms with Crippen molar-refractivity contribution in [1.29, 1.82) is 0 Å². The minimum Gasteiger partial charge on any atom is -0.483 e. The number of carboxylic acid groups (broad SMARTS) is 1. The van der Waals surface area contributed by atoms with Crippen LogP contribution in [0.1, 0.15) is 25.5 Å². The maximum Gasteiger partial charge on any atom is 0.290 e. The monoisotopic (exact) mass is 198 g/mol. The van der Waals surface area contributed by atoms with E-state index in [0.29, 0.717) is 11.7 Å². The molecule has 0 unspecified atom stereocenters. The minimum atomic E-state index is -0.250. The maximum absolute atomic E-state index is 8.36. The Morgan fingerprint density at radius 3 is 2.29 bits per heavy atom. The molecule has 1 aromatic heterocycles. The molecule has 0 saturated carbocycles. The van der Waals surface area contributed by atoms with E-state index in [0.717, 1.165) is 5.69 Å². The summed E-state index contributed by atoms with van der Waals surface area (Å²) >= 11 is 0. The summed E-state index contributed by atoms with van der Waals surface area (Å²) in [6.45, 7) is 3.81. The van der Waals surface area contributed by atoms with Gasteiger partial charge in [-0.3, -0.25) is 4.79 Å². The lowest BCUT2D eigenvalue weighted by Crippen LogP contribution is -2.03. The average Bonchev–Trinajstić information content (AvgIpc) is 2.03. The first-order valence-electron chi connectivity index (χ1n) is 3.99. The molecule has 0 spiro atoms. The van der Waals surface area contributed by atoms with Crippen LogP contribution in [0.5, 0.6) is 0 Å². The van der Waals surface area contributed by atoms with Crippen LogP contribution in [0.15, 0.2) is 6.07 Å². The van der Waals surface area contributed by atoms with Crippen LogP contribution in [0, 0.1) is 0 Å². The zero-order valence-corrected chi connectivity index (χ0v) is 8.14. The molecule has 1 rings (SSSR count). The Labute approximate surface area is 82.0 Å². The second-order valence-electron chi connectivity index (χ2n) is 2.84. The molecular weight excluding hydrogens is 184 g/mol. The first-order valence-corrected chi connectivity index (χ1v) is 3.99. The zero-order chi connectivity index (χ0) is 11.1.